The number of aliphatic hydroxyl groups is 1. The largest absolute Gasteiger partial charge is 0.480 e. The smallest absolute Gasteiger partial charge is 0.327 e. The van der Waals surface area contributed by atoms with Crippen LogP contribution in [0.4, 0.5) is 0 Å². The minimum atomic E-state index is -1.81. The zero-order chi connectivity index (χ0) is 18.4. The lowest BCUT2D eigenvalue weighted by Gasteiger charge is -2.31. The molecule has 0 aromatic carbocycles. The highest BCUT2D eigenvalue weighted by molar-refractivity contribution is 6.87. The zero-order valence-corrected chi connectivity index (χ0v) is 16.4. The molecule has 0 aliphatic rings. The van der Waals surface area contributed by atoms with Crippen molar-refractivity contribution < 1.29 is 19.8 Å². The summed E-state index contributed by atoms with van der Waals surface area (Å²) in [6.45, 7) is 14.4. The molecule has 0 rings (SSSR count). The van der Waals surface area contributed by atoms with E-state index in [1.807, 2.05) is 13.8 Å². The van der Waals surface area contributed by atoms with Gasteiger partial charge in [0.25, 0.3) is 0 Å². The SMILES string of the molecule is CC(C)C[C@H](O)C(=O)N[C@@H](CC#C[Si](C)(C)C(C)(C)C)C(=O)O. The monoisotopic (exact) mass is 341 g/mol. The minimum Gasteiger partial charge on any atom is -0.480 e. The van der Waals surface area contributed by atoms with E-state index in [0.29, 0.717) is 6.42 Å². The summed E-state index contributed by atoms with van der Waals surface area (Å²) in [5, 5.41) is 21.4. The number of carbonyl (C=O) groups excluding carboxylic acids is 1. The topological polar surface area (TPSA) is 86.6 Å². The van der Waals surface area contributed by atoms with Gasteiger partial charge in [-0.25, -0.2) is 4.79 Å². The van der Waals surface area contributed by atoms with Crippen LogP contribution in [-0.4, -0.2) is 42.3 Å². The lowest BCUT2D eigenvalue weighted by molar-refractivity contribution is -0.143. The number of aliphatic hydroxyl groups excluding tert-OH is 1. The molecule has 0 aliphatic heterocycles. The van der Waals surface area contributed by atoms with Gasteiger partial charge in [0.2, 0.25) is 5.91 Å². The Bertz CT molecular complexity index is 483. The molecule has 6 heteroatoms. The number of nitrogens with one attached hydrogen (secondary N) is 1. The minimum absolute atomic E-state index is 0.0436. The quantitative estimate of drug-likeness (QED) is 0.511. The molecule has 132 valence electrons. The van der Waals surface area contributed by atoms with E-state index < -0.39 is 32.1 Å². The van der Waals surface area contributed by atoms with Gasteiger partial charge in [0.05, 0.1) is 0 Å². The summed E-state index contributed by atoms with van der Waals surface area (Å²) in [5.74, 6) is 1.29. The Balaban J connectivity index is 4.87. The van der Waals surface area contributed by atoms with Gasteiger partial charge in [0.1, 0.15) is 20.2 Å². The first-order chi connectivity index (χ1) is 10.3. The van der Waals surface area contributed by atoms with Gasteiger partial charge in [-0.1, -0.05) is 47.7 Å². The number of hydrogen-bond acceptors (Lipinski definition) is 3. The average molecular weight is 342 g/mol. The van der Waals surface area contributed by atoms with Crippen molar-refractivity contribution in [2.75, 3.05) is 0 Å². The van der Waals surface area contributed by atoms with Crippen LogP contribution in [0.5, 0.6) is 0 Å². The highest BCUT2D eigenvalue weighted by Crippen LogP contribution is 2.35. The number of carboxylic acids is 1. The van der Waals surface area contributed by atoms with E-state index in [1.165, 1.54) is 0 Å². The molecule has 5 nitrogen and oxygen atoms in total. The van der Waals surface area contributed by atoms with Crippen LogP contribution in [0.25, 0.3) is 0 Å². The molecule has 3 N–H and O–H groups in total. The summed E-state index contributed by atoms with van der Waals surface area (Å²) in [5.41, 5.74) is 3.23. The van der Waals surface area contributed by atoms with E-state index in [4.69, 9.17) is 0 Å². The third-order valence-corrected chi connectivity index (χ3v) is 8.75. The Kier molecular flexibility index (Phi) is 8.02. The van der Waals surface area contributed by atoms with E-state index in [1.54, 1.807) is 0 Å². The van der Waals surface area contributed by atoms with Crippen LogP contribution < -0.4 is 5.32 Å². The van der Waals surface area contributed by atoms with E-state index in [-0.39, 0.29) is 17.4 Å². The van der Waals surface area contributed by atoms with Crippen molar-refractivity contribution in [1.82, 2.24) is 5.32 Å². The maximum Gasteiger partial charge on any atom is 0.327 e. The van der Waals surface area contributed by atoms with Gasteiger partial charge < -0.3 is 15.5 Å². The lowest BCUT2D eigenvalue weighted by Crippen LogP contribution is -2.45. The second-order valence-electron chi connectivity index (χ2n) is 7.93. The Labute approximate surface area is 140 Å². The number of carboxylic acid groups (broad SMARTS) is 1. The highest BCUT2D eigenvalue weighted by atomic mass is 28.3. The number of hydrogen-bond donors (Lipinski definition) is 3. The van der Waals surface area contributed by atoms with Crippen molar-refractivity contribution >= 4 is 20.0 Å². The highest BCUT2D eigenvalue weighted by Gasteiger charge is 2.33. The summed E-state index contributed by atoms with van der Waals surface area (Å²) in [6, 6.07) is -1.10. The summed E-state index contributed by atoms with van der Waals surface area (Å²) in [4.78, 5) is 23.1. The second-order valence-corrected chi connectivity index (χ2v) is 12.9. The van der Waals surface area contributed by atoms with E-state index in [0.717, 1.165) is 0 Å². The first-order valence-electron chi connectivity index (χ1n) is 7.99. The van der Waals surface area contributed by atoms with Crippen molar-refractivity contribution in [2.24, 2.45) is 5.92 Å². The van der Waals surface area contributed by atoms with E-state index in [9.17, 15) is 19.8 Å². The van der Waals surface area contributed by atoms with Gasteiger partial charge >= 0.3 is 5.97 Å². The molecule has 0 unspecified atom stereocenters. The van der Waals surface area contributed by atoms with Crippen LogP contribution in [0, 0.1) is 17.4 Å². The van der Waals surface area contributed by atoms with E-state index >= 15 is 0 Å². The van der Waals surface area contributed by atoms with Crippen LogP contribution in [0.15, 0.2) is 0 Å². The molecule has 0 aromatic heterocycles. The predicted octanol–water partition coefficient (Wildman–Crippen LogP) is 2.40. The predicted molar refractivity (Wildman–Crippen MR) is 94.6 cm³/mol. The van der Waals surface area contributed by atoms with Crippen molar-refractivity contribution in [3.8, 4) is 11.5 Å². The van der Waals surface area contributed by atoms with Crippen molar-refractivity contribution in [1.29, 1.82) is 0 Å². The molecular weight excluding hydrogens is 310 g/mol. The molecule has 1 amide bonds. The number of aliphatic carboxylic acids is 1. The maximum atomic E-state index is 11.8. The van der Waals surface area contributed by atoms with Crippen molar-refractivity contribution in [3.63, 3.8) is 0 Å². The molecule has 0 saturated heterocycles. The molecule has 0 aliphatic carbocycles. The third-order valence-electron chi connectivity index (χ3n) is 4.19. The number of carbonyl (C=O) groups is 2. The Morgan fingerprint density at radius 3 is 2.13 bits per heavy atom. The van der Waals surface area contributed by atoms with Crippen LogP contribution in [0.2, 0.25) is 18.1 Å². The molecule has 0 heterocycles. The lowest BCUT2D eigenvalue weighted by atomic mass is 10.1. The standard InChI is InChI=1S/C17H31NO4Si/c1-12(2)11-14(19)15(20)18-13(16(21)22)9-8-10-23(6,7)17(3,4)5/h12-14,19H,9,11H2,1-7H3,(H,18,20)(H,21,22)/t13-,14-/m0/s1. The van der Waals surface area contributed by atoms with Crippen LogP contribution >= 0.6 is 0 Å². The number of amides is 1. The summed E-state index contributed by atoms with van der Waals surface area (Å²) >= 11 is 0. The third kappa shape index (κ3) is 7.66. The van der Waals surface area contributed by atoms with Crippen molar-refractivity contribution in [3.05, 3.63) is 0 Å². The maximum absolute atomic E-state index is 11.8. The molecule has 0 saturated carbocycles. The number of rotatable bonds is 6. The average Bonchev–Trinajstić information content (AvgIpc) is 2.34. The molecule has 0 spiro atoms. The van der Waals surface area contributed by atoms with E-state index in [2.05, 4.69) is 50.6 Å². The van der Waals surface area contributed by atoms with Gasteiger partial charge in [-0.2, -0.15) is 0 Å². The fraction of sp³-hybridized carbons (Fsp3) is 0.765. The van der Waals surface area contributed by atoms with Gasteiger partial charge in [-0.05, 0) is 17.4 Å². The van der Waals surface area contributed by atoms with Gasteiger partial charge in [-0.3, -0.25) is 4.79 Å². The molecule has 0 aromatic rings. The van der Waals surface area contributed by atoms with Crippen LogP contribution in [0.3, 0.4) is 0 Å². The summed E-state index contributed by atoms with van der Waals surface area (Å²) in [6.07, 6.45) is -0.847. The molecule has 0 bridgehead atoms. The fourth-order valence-electron chi connectivity index (χ4n) is 1.58. The molecule has 0 radical (unpaired) electrons. The normalized spacial score (nSPS) is 14.7. The molecular formula is C17H31NO4Si. The molecule has 2 atom stereocenters. The van der Waals surface area contributed by atoms with Gasteiger partial charge in [0.15, 0.2) is 0 Å². The summed E-state index contributed by atoms with van der Waals surface area (Å²) < 4.78 is 0. The van der Waals surface area contributed by atoms with Gasteiger partial charge in [-0.15, -0.1) is 11.5 Å². The second kappa shape index (κ2) is 8.51. The first kappa shape index (κ1) is 21.7. The molecule has 23 heavy (non-hydrogen) atoms. The Morgan fingerprint density at radius 1 is 1.22 bits per heavy atom. The summed E-state index contributed by atoms with van der Waals surface area (Å²) in [7, 11) is -1.81. The Morgan fingerprint density at radius 2 is 1.74 bits per heavy atom. The van der Waals surface area contributed by atoms with Crippen molar-refractivity contribution in [2.45, 2.75) is 77.7 Å². The van der Waals surface area contributed by atoms with Crippen LogP contribution in [-0.2, 0) is 9.59 Å². The fourth-order valence-corrected chi connectivity index (χ4v) is 2.50. The Hall–Kier alpha value is -1.32. The van der Waals surface area contributed by atoms with Gasteiger partial charge in [0, 0.05) is 6.42 Å². The first-order valence-corrected chi connectivity index (χ1v) is 11.0. The molecule has 0 fully saturated rings. The zero-order valence-electron chi connectivity index (χ0n) is 15.4. The van der Waals surface area contributed by atoms with Crippen LogP contribution in [0.1, 0.15) is 47.5 Å².